The number of hydrogen-bond donors (Lipinski definition) is 3. The van der Waals surface area contributed by atoms with Gasteiger partial charge in [-0.3, -0.25) is 0 Å². The summed E-state index contributed by atoms with van der Waals surface area (Å²) in [6.45, 7) is 5.85. The molecule has 0 spiro atoms. The van der Waals surface area contributed by atoms with Crippen LogP contribution in [0.4, 0.5) is 4.79 Å². The average Bonchev–Trinajstić information content (AvgIpc) is 2.43. The minimum absolute atomic E-state index is 0.175. The van der Waals surface area contributed by atoms with Gasteiger partial charge in [0.1, 0.15) is 6.04 Å². The second-order valence-corrected chi connectivity index (χ2v) is 5.28. The molecule has 2 atom stereocenters. The molecule has 1 unspecified atom stereocenters. The molecular formula is C16H24N2O3. The first-order valence-electron chi connectivity index (χ1n) is 7.30. The fourth-order valence-electron chi connectivity index (χ4n) is 2.00. The van der Waals surface area contributed by atoms with Crippen LogP contribution in [0, 0.1) is 6.92 Å². The first kappa shape index (κ1) is 17.0. The Bertz CT molecular complexity index is 471. The fourth-order valence-corrected chi connectivity index (χ4v) is 2.00. The Morgan fingerprint density at radius 1 is 1.19 bits per heavy atom. The van der Waals surface area contributed by atoms with Crippen LogP contribution < -0.4 is 10.6 Å². The van der Waals surface area contributed by atoms with Crippen LogP contribution in [0.2, 0.25) is 0 Å². The monoisotopic (exact) mass is 292 g/mol. The molecule has 5 nitrogen and oxygen atoms in total. The van der Waals surface area contributed by atoms with Crippen LogP contribution in [0.1, 0.15) is 50.3 Å². The fraction of sp³-hybridized carbons (Fsp3) is 0.500. The van der Waals surface area contributed by atoms with E-state index in [0.717, 1.165) is 24.0 Å². The quantitative estimate of drug-likeness (QED) is 0.723. The highest BCUT2D eigenvalue weighted by Gasteiger charge is 2.20. The van der Waals surface area contributed by atoms with E-state index in [1.54, 1.807) is 0 Å². The highest BCUT2D eigenvalue weighted by atomic mass is 16.4. The molecule has 0 aliphatic heterocycles. The van der Waals surface area contributed by atoms with E-state index >= 15 is 0 Å². The number of rotatable bonds is 7. The zero-order valence-corrected chi connectivity index (χ0v) is 12.8. The maximum Gasteiger partial charge on any atom is 0.326 e. The van der Waals surface area contributed by atoms with Gasteiger partial charge < -0.3 is 15.7 Å². The van der Waals surface area contributed by atoms with Crippen molar-refractivity contribution in [2.45, 2.75) is 52.1 Å². The summed E-state index contributed by atoms with van der Waals surface area (Å²) in [5, 5.41) is 14.4. The number of benzene rings is 1. The summed E-state index contributed by atoms with van der Waals surface area (Å²) in [6.07, 6.45) is 2.11. The molecule has 0 radical (unpaired) electrons. The van der Waals surface area contributed by atoms with Crippen LogP contribution >= 0.6 is 0 Å². The highest BCUT2D eigenvalue weighted by molar-refractivity contribution is 5.82. The van der Waals surface area contributed by atoms with Crippen LogP contribution in [-0.2, 0) is 4.79 Å². The van der Waals surface area contributed by atoms with Crippen LogP contribution in [0.15, 0.2) is 24.3 Å². The average molecular weight is 292 g/mol. The number of hydrogen-bond acceptors (Lipinski definition) is 2. The van der Waals surface area contributed by atoms with Crippen LogP contribution in [0.5, 0.6) is 0 Å². The molecule has 2 amide bonds. The Morgan fingerprint density at radius 2 is 1.81 bits per heavy atom. The van der Waals surface area contributed by atoms with Gasteiger partial charge in [0.05, 0.1) is 6.04 Å². The third-order valence-electron chi connectivity index (χ3n) is 3.37. The molecule has 3 N–H and O–H groups in total. The molecule has 0 heterocycles. The number of carbonyl (C=O) groups is 2. The van der Waals surface area contributed by atoms with Crippen molar-refractivity contribution < 1.29 is 14.7 Å². The first-order valence-corrected chi connectivity index (χ1v) is 7.30. The van der Waals surface area contributed by atoms with Gasteiger partial charge in [0.25, 0.3) is 0 Å². The van der Waals surface area contributed by atoms with E-state index in [1.807, 2.05) is 45.0 Å². The number of nitrogens with one attached hydrogen (secondary N) is 2. The summed E-state index contributed by atoms with van der Waals surface area (Å²) < 4.78 is 0. The predicted molar refractivity (Wildman–Crippen MR) is 82.2 cm³/mol. The molecule has 0 bridgehead atoms. The molecule has 1 aromatic carbocycles. The van der Waals surface area contributed by atoms with E-state index in [1.165, 1.54) is 0 Å². The van der Waals surface area contributed by atoms with Gasteiger partial charge in [-0.15, -0.1) is 0 Å². The number of amides is 2. The lowest BCUT2D eigenvalue weighted by atomic mass is 10.1. The normalized spacial score (nSPS) is 13.3. The number of aliphatic carboxylic acids is 1. The molecule has 0 saturated heterocycles. The van der Waals surface area contributed by atoms with Crippen molar-refractivity contribution >= 4 is 12.0 Å². The van der Waals surface area contributed by atoms with Gasteiger partial charge in [-0.05, 0) is 25.8 Å². The maximum atomic E-state index is 11.9. The Morgan fingerprint density at radius 3 is 2.33 bits per heavy atom. The van der Waals surface area contributed by atoms with Gasteiger partial charge in [0, 0.05) is 0 Å². The van der Waals surface area contributed by atoms with E-state index < -0.39 is 18.0 Å². The number of urea groups is 1. The molecule has 0 saturated carbocycles. The molecule has 21 heavy (non-hydrogen) atoms. The molecule has 0 aliphatic carbocycles. The van der Waals surface area contributed by atoms with Gasteiger partial charge in [0.15, 0.2) is 0 Å². The highest BCUT2D eigenvalue weighted by Crippen LogP contribution is 2.12. The number of unbranched alkanes of at least 4 members (excludes halogenated alkanes) is 1. The third kappa shape index (κ3) is 5.85. The van der Waals surface area contributed by atoms with Crippen molar-refractivity contribution in [3.05, 3.63) is 35.4 Å². The van der Waals surface area contributed by atoms with Crippen LogP contribution in [0.3, 0.4) is 0 Å². The van der Waals surface area contributed by atoms with Gasteiger partial charge in [-0.25, -0.2) is 9.59 Å². The minimum atomic E-state index is -0.999. The Kier molecular flexibility index (Phi) is 6.72. The molecule has 5 heteroatoms. The number of aryl methyl sites for hydroxylation is 1. The summed E-state index contributed by atoms with van der Waals surface area (Å²) in [7, 11) is 0. The van der Waals surface area contributed by atoms with Crippen molar-refractivity contribution in [3.63, 3.8) is 0 Å². The van der Waals surface area contributed by atoms with Crippen molar-refractivity contribution in [1.29, 1.82) is 0 Å². The van der Waals surface area contributed by atoms with Crippen LogP contribution in [-0.4, -0.2) is 23.1 Å². The molecule has 1 aromatic rings. The molecule has 0 fully saturated rings. The van der Waals surface area contributed by atoms with E-state index in [4.69, 9.17) is 5.11 Å². The summed E-state index contributed by atoms with van der Waals surface area (Å²) in [5.41, 5.74) is 2.14. The van der Waals surface area contributed by atoms with Gasteiger partial charge in [-0.2, -0.15) is 0 Å². The van der Waals surface area contributed by atoms with Crippen molar-refractivity contribution in [2.75, 3.05) is 0 Å². The van der Waals surface area contributed by atoms with Crippen molar-refractivity contribution in [2.24, 2.45) is 0 Å². The largest absolute Gasteiger partial charge is 0.480 e. The lowest BCUT2D eigenvalue weighted by Gasteiger charge is -2.18. The molecule has 0 aliphatic rings. The number of carboxylic acids is 1. The topological polar surface area (TPSA) is 78.4 Å². The maximum absolute atomic E-state index is 11.9. The minimum Gasteiger partial charge on any atom is -0.480 e. The van der Waals surface area contributed by atoms with Gasteiger partial charge in [0.2, 0.25) is 0 Å². The van der Waals surface area contributed by atoms with Crippen molar-refractivity contribution in [3.8, 4) is 0 Å². The lowest BCUT2D eigenvalue weighted by molar-refractivity contribution is -0.139. The van der Waals surface area contributed by atoms with E-state index in [0.29, 0.717) is 6.42 Å². The van der Waals surface area contributed by atoms with Crippen molar-refractivity contribution in [1.82, 2.24) is 10.6 Å². The zero-order chi connectivity index (χ0) is 15.8. The second kappa shape index (κ2) is 8.29. The predicted octanol–water partition coefficient (Wildman–Crippen LogP) is 3.00. The molecule has 0 aromatic heterocycles. The van der Waals surface area contributed by atoms with E-state index in [9.17, 15) is 9.59 Å². The number of carbonyl (C=O) groups excluding carboxylic acids is 1. The summed E-state index contributed by atoms with van der Waals surface area (Å²) in [5.74, 6) is -0.999. The van der Waals surface area contributed by atoms with Gasteiger partial charge >= 0.3 is 12.0 Å². The summed E-state index contributed by atoms with van der Waals surface area (Å²) in [4.78, 5) is 23.0. The molecular weight excluding hydrogens is 268 g/mol. The Labute approximate surface area is 125 Å². The molecule has 1 rings (SSSR count). The Hall–Kier alpha value is -2.04. The summed E-state index contributed by atoms with van der Waals surface area (Å²) in [6, 6.07) is 6.39. The van der Waals surface area contributed by atoms with Gasteiger partial charge in [-0.1, -0.05) is 49.6 Å². The van der Waals surface area contributed by atoms with Crippen LogP contribution in [0.25, 0.3) is 0 Å². The number of carboxylic acid groups (broad SMARTS) is 1. The van der Waals surface area contributed by atoms with E-state index in [2.05, 4.69) is 10.6 Å². The lowest BCUT2D eigenvalue weighted by Crippen LogP contribution is -2.46. The van der Waals surface area contributed by atoms with E-state index in [-0.39, 0.29) is 6.04 Å². The standard InChI is InChI=1S/C16H24N2O3/c1-4-5-6-14(15(19)20)18-16(21)17-12(3)13-9-7-11(2)8-10-13/h7-10,12,14H,4-6H2,1-3H3,(H,19,20)(H2,17,18,21)/t12?,14-/m0/s1. The second-order valence-electron chi connectivity index (χ2n) is 5.28. The smallest absolute Gasteiger partial charge is 0.326 e. The summed E-state index contributed by atoms with van der Waals surface area (Å²) >= 11 is 0. The SMILES string of the molecule is CCCC[C@H](NC(=O)NC(C)c1ccc(C)cc1)C(=O)O. The first-order chi connectivity index (χ1) is 9.93. The Balaban J connectivity index is 2.54. The zero-order valence-electron chi connectivity index (χ0n) is 12.8. The molecule has 116 valence electrons. The third-order valence-corrected chi connectivity index (χ3v) is 3.37.